The van der Waals surface area contributed by atoms with Gasteiger partial charge in [-0.1, -0.05) is 6.92 Å². The molecule has 94 valence electrons. The molecule has 0 atom stereocenters. The number of hydrogen-bond donors (Lipinski definition) is 0. The minimum absolute atomic E-state index is 0.0928. The molecule has 2 rings (SSSR count). The van der Waals surface area contributed by atoms with Crippen molar-refractivity contribution in [2.45, 2.75) is 30.6 Å². The first kappa shape index (κ1) is 12.9. The van der Waals surface area contributed by atoms with Crippen molar-refractivity contribution in [2.24, 2.45) is 0 Å². The zero-order valence-electron chi connectivity index (χ0n) is 10.6. The molecule has 0 aromatic heterocycles. The van der Waals surface area contributed by atoms with Crippen LogP contribution in [0.5, 0.6) is 0 Å². The van der Waals surface area contributed by atoms with Gasteiger partial charge in [0.15, 0.2) is 0 Å². The highest BCUT2D eigenvalue weighted by atomic mass is 32.2. The number of nitrogens with zero attached hydrogens (tertiary/aromatic N) is 1. The lowest BCUT2D eigenvalue weighted by atomic mass is 9.89. The Bertz CT molecular complexity index is 372. The molecule has 0 aliphatic carbocycles. The summed E-state index contributed by atoms with van der Waals surface area (Å²) in [5.41, 5.74) is 1.19. The van der Waals surface area contributed by atoms with E-state index in [4.69, 9.17) is 0 Å². The van der Waals surface area contributed by atoms with Crippen LogP contribution in [0, 0.1) is 5.82 Å². The fraction of sp³-hybridized carbons (Fsp3) is 0.571. The van der Waals surface area contributed by atoms with Crippen molar-refractivity contribution in [3.05, 3.63) is 29.6 Å². The smallest absolute Gasteiger partial charge is 0.124 e. The number of benzene rings is 1. The summed E-state index contributed by atoms with van der Waals surface area (Å²) in [6.07, 6.45) is 4.31. The SMILES string of the molecule is CCN1CCC(c2cc(F)cc(SC)c2)CC1. The summed E-state index contributed by atoms with van der Waals surface area (Å²) in [5, 5.41) is 0. The summed E-state index contributed by atoms with van der Waals surface area (Å²) in [4.78, 5) is 3.50. The Morgan fingerprint density at radius 3 is 2.59 bits per heavy atom. The Balaban J connectivity index is 2.10. The fourth-order valence-electron chi connectivity index (χ4n) is 2.52. The molecule has 1 aliphatic rings. The third-order valence-corrected chi connectivity index (χ3v) is 4.34. The van der Waals surface area contributed by atoms with Crippen molar-refractivity contribution >= 4 is 11.8 Å². The molecule has 1 saturated heterocycles. The van der Waals surface area contributed by atoms with E-state index < -0.39 is 0 Å². The van der Waals surface area contributed by atoms with Crippen LogP contribution in [0.2, 0.25) is 0 Å². The number of hydrogen-bond acceptors (Lipinski definition) is 2. The van der Waals surface area contributed by atoms with Gasteiger partial charge in [-0.25, -0.2) is 4.39 Å². The molecule has 1 aromatic rings. The molecule has 1 aliphatic heterocycles. The van der Waals surface area contributed by atoms with Gasteiger partial charge in [-0.3, -0.25) is 0 Å². The van der Waals surface area contributed by atoms with Crippen LogP contribution < -0.4 is 0 Å². The molecule has 1 aromatic carbocycles. The molecule has 1 nitrogen and oxygen atoms in total. The monoisotopic (exact) mass is 253 g/mol. The average molecular weight is 253 g/mol. The van der Waals surface area contributed by atoms with Gasteiger partial charge in [-0.15, -0.1) is 11.8 Å². The molecular formula is C14H20FNS. The maximum atomic E-state index is 13.5. The van der Waals surface area contributed by atoms with E-state index in [1.165, 1.54) is 5.56 Å². The van der Waals surface area contributed by atoms with Crippen LogP contribution in [-0.2, 0) is 0 Å². The molecule has 0 N–H and O–H groups in total. The number of rotatable bonds is 3. The molecule has 0 radical (unpaired) electrons. The average Bonchev–Trinajstić information content (AvgIpc) is 2.38. The molecule has 1 fully saturated rings. The van der Waals surface area contributed by atoms with Crippen LogP contribution in [0.25, 0.3) is 0 Å². The Morgan fingerprint density at radius 2 is 2.00 bits per heavy atom. The van der Waals surface area contributed by atoms with Gasteiger partial charge in [0.2, 0.25) is 0 Å². The van der Waals surface area contributed by atoms with Crippen LogP contribution in [0.15, 0.2) is 23.1 Å². The van der Waals surface area contributed by atoms with Gasteiger partial charge in [-0.05, 0) is 68.4 Å². The van der Waals surface area contributed by atoms with Crippen molar-refractivity contribution in [1.29, 1.82) is 0 Å². The summed E-state index contributed by atoms with van der Waals surface area (Å²) in [6, 6.07) is 5.49. The fourth-order valence-corrected chi connectivity index (χ4v) is 3.00. The molecule has 0 saturated carbocycles. The van der Waals surface area contributed by atoms with Gasteiger partial charge < -0.3 is 4.90 Å². The summed E-state index contributed by atoms with van der Waals surface area (Å²) in [5.74, 6) is 0.448. The standard InChI is InChI=1S/C14H20FNS/c1-3-16-6-4-11(5-7-16)12-8-13(15)10-14(9-12)17-2/h8-11H,3-7H2,1-2H3. The lowest BCUT2D eigenvalue weighted by Gasteiger charge is -2.31. The van der Waals surface area contributed by atoms with E-state index in [2.05, 4.69) is 17.9 Å². The third-order valence-electron chi connectivity index (χ3n) is 3.64. The lowest BCUT2D eigenvalue weighted by molar-refractivity contribution is 0.222. The molecule has 1 heterocycles. The lowest BCUT2D eigenvalue weighted by Crippen LogP contribution is -2.32. The maximum Gasteiger partial charge on any atom is 0.124 e. The molecule has 0 unspecified atom stereocenters. The summed E-state index contributed by atoms with van der Waals surface area (Å²) in [6.45, 7) is 5.62. The highest BCUT2D eigenvalue weighted by Crippen LogP contribution is 2.30. The number of piperidine rings is 1. The normalized spacial score (nSPS) is 18.5. The van der Waals surface area contributed by atoms with Crippen molar-refractivity contribution in [2.75, 3.05) is 25.9 Å². The maximum absolute atomic E-state index is 13.5. The molecular weight excluding hydrogens is 233 g/mol. The first-order valence-electron chi connectivity index (χ1n) is 6.29. The van der Waals surface area contributed by atoms with E-state index in [1.54, 1.807) is 23.9 Å². The largest absolute Gasteiger partial charge is 0.304 e. The second-order valence-electron chi connectivity index (χ2n) is 4.63. The molecule has 0 amide bonds. The predicted octanol–water partition coefficient (Wildman–Crippen LogP) is 3.75. The minimum atomic E-state index is -0.0928. The van der Waals surface area contributed by atoms with E-state index in [0.717, 1.165) is 37.4 Å². The molecule has 17 heavy (non-hydrogen) atoms. The second-order valence-corrected chi connectivity index (χ2v) is 5.51. The zero-order valence-corrected chi connectivity index (χ0v) is 11.4. The van der Waals surface area contributed by atoms with Crippen molar-refractivity contribution in [3.63, 3.8) is 0 Å². The van der Waals surface area contributed by atoms with Crippen LogP contribution in [0.1, 0.15) is 31.2 Å². The van der Waals surface area contributed by atoms with Gasteiger partial charge >= 0.3 is 0 Å². The van der Waals surface area contributed by atoms with Crippen molar-refractivity contribution < 1.29 is 4.39 Å². The van der Waals surface area contributed by atoms with E-state index in [1.807, 2.05) is 6.26 Å². The Hall–Kier alpha value is -0.540. The topological polar surface area (TPSA) is 3.24 Å². The minimum Gasteiger partial charge on any atom is -0.304 e. The highest BCUT2D eigenvalue weighted by Gasteiger charge is 2.20. The van der Waals surface area contributed by atoms with Gasteiger partial charge in [0.1, 0.15) is 5.82 Å². The van der Waals surface area contributed by atoms with E-state index >= 15 is 0 Å². The van der Waals surface area contributed by atoms with Crippen LogP contribution in [-0.4, -0.2) is 30.8 Å². The summed E-state index contributed by atoms with van der Waals surface area (Å²) in [7, 11) is 0. The van der Waals surface area contributed by atoms with E-state index in [9.17, 15) is 4.39 Å². The predicted molar refractivity (Wildman–Crippen MR) is 72.3 cm³/mol. The van der Waals surface area contributed by atoms with Crippen molar-refractivity contribution in [1.82, 2.24) is 4.90 Å². The number of halogens is 1. The van der Waals surface area contributed by atoms with E-state index in [0.29, 0.717) is 5.92 Å². The first-order valence-corrected chi connectivity index (χ1v) is 7.52. The van der Waals surface area contributed by atoms with Gasteiger partial charge in [0, 0.05) is 4.90 Å². The third kappa shape index (κ3) is 3.23. The van der Waals surface area contributed by atoms with E-state index in [-0.39, 0.29) is 5.82 Å². The quantitative estimate of drug-likeness (QED) is 0.755. The van der Waals surface area contributed by atoms with Crippen LogP contribution >= 0.6 is 11.8 Å². The summed E-state index contributed by atoms with van der Waals surface area (Å²) < 4.78 is 13.5. The Morgan fingerprint density at radius 1 is 1.29 bits per heavy atom. The summed E-state index contributed by atoms with van der Waals surface area (Å²) >= 11 is 1.62. The van der Waals surface area contributed by atoms with Crippen LogP contribution in [0.4, 0.5) is 4.39 Å². The first-order chi connectivity index (χ1) is 8.22. The molecule has 3 heteroatoms. The van der Waals surface area contributed by atoms with Gasteiger partial charge in [0.05, 0.1) is 0 Å². The number of likely N-dealkylation sites (tertiary alicyclic amines) is 1. The van der Waals surface area contributed by atoms with Crippen LogP contribution in [0.3, 0.4) is 0 Å². The zero-order chi connectivity index (χ0) is 12.3. The Labute approximate surface area is 107 Å². The Kier molecular flexibility index (Phi) is 4.46. The number of thioether (sulfide) groups is 1. The van der Waals surface area contributed by atoms with Gasteiger partial charge in [-0.2, -0.15) is 0 Å². The molecule has 0 spiro atoms. The van der Waals surface area contributed by atoms with Crippen molar-refractivity contribution in [3.8, 4) is 0 Å². The highest BCUT2D eigenvalue weighted by molar-refractivity contribution is 7.98. The second kappa shape index (κ2) is 5.87. The molecule has 0 bridgehead atoms. The van der Waals surface area contributed by atoms with Gasteiger partial charge in [0.25, 0.3) is 0 Å².